The van der Waals surface area contributed by atoms with Crippen molar-refractivity contribution in [1.29, 1.82) is 0 Å². The number of nitrogens with two attached hydrogens (primary N) is 1. The van der Waals surface area contributed by atoms with Crippen molar-refractivity contribution in [2.24, 2.45) is 5.14 Å². The van der Waals surface area contributed by atoms with Crippen LogP contribution in [0.25, 0.3) is 0 Å². The van der Waals surface area contributed by atoms with Crippen molar-refractivity contribution < 1.29 is 13.2 Å². The highest BCUT2D eigenvalue weighted by atomic mass is 35.5. The summed E-state index contributed by atoms with van der Waals surface area (Å²) in [6.07, 6.45) is 0. The van der Waals surface area contributed by atoms with Gasteiger partial charge >= 0.3 is 0 Å². The van der Waals surface area contributed by atoms with Crippen LogP contribution in [0.1, 0.15) is 32.4 Å². The van der Waals surface area contributed by atoms with E-state index >= 15 is 0 Å². The molecule has 8 heteroatoms. The Labute approximate surface area is 166 Å². The van der Waals surface area contributed by atoms with Crippen LogP contribution in [0.3, 0.4) is 0 Å². The molecule has 0 bridgehead atoms. The minimum atomic E-state index is -3.90. The van der Waals surface area contributed by atoms with Gasteiger partial charge in [-0.3, -0.25) is 4.79 Å². The van der Waals surface area contributed by atoms with E-state index in [1.54, 1.807) is 25.1 Å². The third-order valence-corrected chi connectivity index (χ3v) is 6.19. The zero-order chi connectivity index (χ0) is 19.6. The minimum absolute atomic E-state index is 0.0996. The lowest BCUT2D eigenvalue weighted by Gasteiger charge is -2.19. The number of amides is 1. The fourth-order valence-electron chi connectivity index (χ4n) is 2.66. The first-order chi connectivity index (χ1) is 12.8. The molecule has 0 aliphatic heterocycles. The Bertz CT molecular complexity index is 1060. The molecule has 2 aromatic carbocycles. The molecule has 1 atom stereocenters. The van der Waals surface area contributed by atoms with Gasteiger partial charge in [0, 0.05) is 15.5 Å². The van der Waals surface area contributed by atoms with Crippen molar-refractivity contribution in [2.45, 2.75) is 17.9 Å². The summed E-state index contributed by atoms with van der Waals surface area (Å²) in [6, 6.07) is 14.9. The predicted molar refractivity (Wildman–Crippen MR) is 108 cm³/mol. The number of hydrogen-bond donors (Lipinski definition) is 2. The number of thiophene rings is 1. The summed E-state index contributed by atoms with van der Waals surface area (Å²) in [5.74, 6) is -0.383. The molecular weight excluding hydrogens is 404 g/mol. The van der Waals surface area contributed by atoms with Gasteiger partial charge in [-0.25, -0.2) is 13.6 Å². The van der Waals surface area contributed by atoms with Gasteiger partial charge in [0.1, 0.15) is 0 Å². The Hall–Kier alpha value is -2.19. The highest BCUT2D eigenvalue weighted by Gasteiger charge is 2.21. The summed E-state index contributed by atoms with van der Waals surface area (Å²) in [7, 11) is -3.90. The largest absolute Gasteiger partial charge is 0.340 e. The number of rotatable bonds is 5. The molecule has 0 saturated heterocycles. The molecule has 0 radical (unpaired) electrons. The highest BCUT2D eigenvalue weighted by molar-refractivity contribution is 7.89. The van der Waals surface area contributed by atoms with Crippen LogP contribution in [0.2, 0.25) is 5.02 Å². The third-order valence-electron chi connectivity index (χ3n) is 4.09. The SMILES string of the molecule is Cc1ccc(S(N)(=O)=O)cc1C(=O)NC(c1ccc(Cl)cc1)c1cccs1. The van der Waals surface area contributed by atoms with E-state index in [9.17, 15) is 13.2 Å². The Morgan fingerprint density at radius 3 is 2.44 bits per heavy atom. The van der Waals surface area contributed by atoms with Crippen LogP contribution in [-0.2, 0) is 10.0 Å². The standard InChI is InChI=1S/C19H17ClN2O3S2/c1-12-4-9-15(27(21,24)25)11-16(12)19(23)22-18(17-3-2-10-26-17)13-5-7-14(20)8-6-13/h2-11,18H,1H3,(H,22,23)(H2,21,24,25). The Balaban J connectivity index is 1.97. The molecule has 1 unspecified atom stereocenters. The van der Waals surface area contributed by atoms with E-state index < -0.39 is 10.0 Å². The van der Waals surface area contributed by atoms with Gasteiger partial charge in [-0.1, -0.05) is 35.9 Å². The van der Waals surface area contributed by atoms with E-state index in [4.69, 9.17) is 16.7 Å². The molecule has 140 valence electrons. The van der Waals surface area contributed by atoms with Crippen molar-refractivity contribution in [3.05, 3.63) is 86.6 Å². The summed E-state index contributed by atoms with van der Waals surface area (Å²) in [4.78, 5) is 13.8. The van der Waals surface area contributed by atoms with E-state index in [-0.39, 0.29) is 22.4 Å². The summed E-state index contributed by atoms with van der Waals surface area (Å²) in [5.41, 5.74) is 1.79. The smallest absolute Gasteiger partial charge is 0.252 e. The van der Waals surface area contributed by atoms with Crippen LogP contribution in [0, 0.1) is 6.92 Å². The van der Waals surface area contributed by atoms with Crippen LogP contribution < -0.4 is 10.5 Å². The molecule has 1 heterocycles. The monoisotopic (exact) mass is 420 g/mol. The summed E-state index contributed by atoms with van der Waals surface area (Å²) >= 11 is 7.49. The van der Waals surface area contributed by atoms with Gasteiger partial charge in [0.25, 0.3) is 5.91 Å². The lowest BCUT2D eigenvalue weighted by Crippen LogP contribution is -2.29. The minimum Gasteiger partial charge on any atom is -0.340 e. The van der Waals surface area contributed by atoms with Crippen molar-refractivity contribution in [2.75, 3.05) is 0 Å². The van der Waals surface area contributed by atoms with Crippen LogP contribution in [0.4, 0.5) is 0 Å². The maximum Gasteiger partial charge on any atom is 0.252 e. The topological polar surface area (TPSA) is 89.3 Å². The molecule has 0 aliphatic carbocycles. The number of halogens is 1. The summed E-state index contributed by atoms with van der Waals surface area (Å²) < 4.78 is 23.2. The number of hydrogen-bond acceptors (Lipinski definition) is 4. The number of nitrogens with one attached hydrogen (secondary N) is 1. The van der Waals surface area contributed by atoms with Gasteiger partial charge in [-0.15, -0.1) is 11.3 Å². The summed E-state index contributed by atoms with van der Waals surface area (Å²) in [5, 5.41) is 10.7. The lowest BCUT2D eigenvalue weighted by atomic mass is 10.0. The normalized spacial score (nSPS) is 12.6. The number of primary sulfonamides is 1. The second-order valence-electron chi connectivity index (χ2n) is 6.00. The van der Waals surface area contributed by atoms with E-state index in [0.29, 0.717) is 10.6 Å². The fraction of sp³-hybridized carbons (Fsp3) is 0.105. The zero-order valence-electron chi connectivity index (χ0n) is 14.3. The number of carbonyl (C=O) groups is 1. The molecule has 0 fully saturated rings. The van der Waals surface area contributed by atoms with E-state index in [1.165, 1.54) is 23.5 Å². The Morgan fingerprint density at radius 1 is 1.15 bits per heavy atom. The van der Waals surface area contributed by atoms with Crippen LogP contribution in [0.5, 0.6) is 0 Å². The first kappa shape index (κ1) is 19.6. The van der Waals surface area contributed by atoms with Crippen LogP contribution in [-0.4, -0.2) is 14.3 Å². The number of carbonyl (C=O) groups excluding carboxylic acids is 1. The second kappa shape index (κ2) is 7.82. The molecule has 0 spiro atoms. The molecule has 1 amide bonds. The van der Waals surface area contributed by atoms with Gasteiger partial charge in [-0.05, 0) is 53.8 Å². The molecule has 1 aromatic heterocycles. The van der Waals surface area contributed by atoms with Crippen molar-refractivity contribution in [3.8, 4) is 0 Å². The first-order valence-corrected chi connectivity index (χ1v) is 10.8. The average molecular weight is 421 g/mol. The molecule has 0 aliphatic rings. The van der Waals surface area contributed by atoms with E-state index in [0.717, 1.165) is 10.4 Å². The average Bonchev–Trinajstić information content (AvgIpc) is 3.14. The van der Waals surface area contributed by atoms with Crippen molar-refractivity contribution >= 4 is 38.9 Å². The number of aryl methyl sites for hydroxylation is 1. The molecule has 3 rings (SSSR count). The van der Waals surface area contributed by atoms with Gasteiger partial charge in [0.05, 0.1) is 10.9 Å². The molecule has 27 heavy (non-hydrogen) atoms. The molecule has 5 nitrogen and oxygen atoms in total. The quantitative estimate of drug-likeness (QED) is 0.656. The van der Waals surface area contributed by atoms with Gasteiger partial charge in [0.15, 0.2) is 0 Å². The highest BCUT2D eigenvalue weighted by Crippen LogP contribution is 2.28. The second-order valence-corrected chi connectivity index (χ2v) is 8.97. The van der Waals surface area contributed by atoms with Gasteiger partial charge in [0.2, 0.25) is 10.0 Å². The summed E-state index contributed by atoms with van der Waals surface area (Å²) in [6.45, 7) is 1.74. The van der Waals surface area contributed by atoms with Gasteiger partial charge in [-0.2, -0.15) is 0 Å². The zero-order valence-corrected chi connectivity index (χ0v) is 16.7. The maximum atomic E-state index is 12.9. The van der Waals surface area contributed by atoms with Crippen molar-refractivity contribution in [3.63, 3.8) is 0 Å². The molecular formula is C19H17ClN2O3S2. The van der Waals surface area contributed by atoms with Gasteiger partial charge < -0.3 is 5.32 Å². The molecule has 0 saturated carbocycles. The fourth-order valence-corrected chi connectivity index (χ4v) is 4.13. The maximum absolute atomic E-state index is 12.9. The Morgan fingerprint density at radius 2 is 1.85 bits per heavy atom. The van der Waals surface area contributed by atoms with Crippen molar-refractivity contribution in [1.82, 2.24) is 5.32 Å². The first-order valence-electron chi connectivity index (χ1n) is 7.99. The van der Waals surface area contributed by atoms with Crippen LogP contribution >= 0.6 is 22.9 Å². The third kappa shape index (κ3) is 4.56. The van der Waals surface area contributed by atoms with E-state index in [2.05, 4.69) is 5.32 Å². The number of benzene rings is 2. The Kier molecular flexibility index (Phi) is 5.67. The molecule has 3 N–H and O–H groups in total. The lowest BCUT2D eigenvalue weighted by molar-refractivity contribution is 0.0942. The number of sulfonamides is 1. The molecule has 3 aromatic rings. The van der Waals surface area contributed by atoms with E-state index in [1.807, 2.05) is 29.6 Å². The van der Waals surface area contributed by atoms with Crippen LogP contribution in [0.15, 0.2) is 64.9 Å². The predicted octanol–water partition coefficient (Wildman–Crippen LogP) is 3.88.